The Labute approximate surface area is 157 Å². The highest BCUT2D eigenvalue weighted by atomic mass is 35.5. The standard InChI is InChI=1S/C21H21ClN2O2/c1-3-6-16-19(11-14-7-4-5-8-17(14)22)24-12-15(21(23)26)9-10-18(24)20(16)13(2)25/h4-5,7-10,12H,3,6,11H2,1-2H3,(H2,23,26). The van der Waals surface area contributed by atoms with Crippen LogP contribution < -0.4 is 5.73 Å². The van der Waals surface area contributed by atoms with Crippen molar-refractivity contribution in [1.82, 2.24) is 4.40 Å². The molecule has 0 aliphatic rings. The van der Waals surface area contributed by atoms with Gasteiger partial charge in [0.05, 0.1) is 11.1 Å². The molecule has 0 unspecified atom stereocenters. The molecule has 5 heteroatoms. The summed E-state index contributed by atoms with van der Waals surface area (Å²) in [6, 6.07) is 11.1. The van der Waals surface area contributed by atoms with Gasteiger partial charge >= 0.3 is 0 Å². The summed E-state index contributed by atoms with van der Waals surface area (Å²) in [5.74, 6) is -0.478. The Morgan fingerprint density at radius 2 is 1.88 bits per heavy atom. The molecule has 2 N–H and O–H groups in total. The van der Waals surface area contributed by atoms with Crippen LogP contribution >= 0.6 is 11.6 Å². The zero-order chi connectivity index (χ0) is 18.8. The van der Waals surface area contributed by atoms with Gasteiger partial charge in [-0.1, -0.05) is 43.1 Å². The van der Waals surface area contributed by atoms with Gasteiger partial charge in [-0.15, -0.1) is 0 Å². The van der Waals surface area contributed by atoms with Crippen LogP contribution in [-0.4, -0.2) is 16.1 Å². The number of fused-ring (bicyclic) bond motifs is 1. The fraction of sp³-hybridized carbons (Fsp3) is 0.238. The first-order valence-corrected chi connectivity index (χ1v) is 9.01. The lowest BCUT2D eigenvalue weighted by atomic mass is 9.98. The zero-order valence-electron chi connectivity index (χ0n) is 14.9. The molecule has 0 saturated heterocycles. The minimum atomic E-state index is -0.495. The predicted molar refractivity (Wildman–Crippen MR) is 104 cm³/mol. The van der Waals surface area contributed by atoms with Crippen LogP contribution in [-0.2, 0) is 12.8 Å². The van der Waals surface area contributed by atoms with Gasteiger partial charge in [-0.2, -0.15) is 0 Å². The van der Waals surface area contributed by atoms with Crippen molar-refractivity contribution < 1.29 is 9.59 Å². The Morgan fingerprint density at radius 1 is 1.15 bits per heavy atom. The quantitative estimate of drug-likeness (QED) is 0.654. The Kier molecular flexibility index (Phi) is 5.14. The van der Waals surface area contributed by atoms with Crippen LogP contribution in [0.2, 0.25) is 5.02 Å². The number of aromatic nitrogens is 1. The van der Waals surface area contributed by atoms with Crippen molar-refractivity contribution in [3.63, 3.8) is 0 Å². The molecule has 1 amide bonds. The molecule has 0 saturated carbocycles. The van der Waals surface area contributed by atoms with E-state index in [4.69, 9.17) is 17.3 Å². The van der Waals surface area contributed by atoms with E-state index in [0.717, 1.165) is 35.2 Å². The maximum atomic E-state index is 12.4. The van der Waals surface area contributed by atoms with Crippen LogP contribution in [0.4, 0.5) is 0 Å². The lowest BCUT2D eigenvalue weighted by Crippen LogP contribution is -2.12. The number of nitrogens with two attached hydrogens (primary N) is 1. The van der Waals surface area contributed by atoms with Crippen LogP contribution in [0, 0.1) is 0 Å². The number of amides is 1. The van der Waals surface area contributed by atoms with Crippen molar-refractivity contribution >= 4 is 28.8 Å². The first kappa shape index (κ1) is 18.2. The summed E-state index contributed by atoms with van der Waals surface area (Å²) >= 11 is 6.36. The van der Waals surface area contributed by atoms with Crippen LogP contribution in [0.5, 0.6) is 0 Å². The average Bonchev–Trinajstić information content (AvgIpc) is 2.90. The van der Waals surface area contributed by atoms with E-state index in [1.165, 1.54) is 0 Å². The lowest BCUT2D eigenvalue weighted by Gasteiger charge is -2.09. The SMILES string of the molecule is CCCc1c(C(C)=O)c2ccc(C(N)=O)cn2c1Cc1ccccc1Cl. The maximum absolute atomic E-state index is 12.4. The van der Waals surface area contributed by atoms with Crippen molar-refractivity contribution in [2.24, 2.45) is 5.73 Å². The minimum absolute atomic E-state index is 0.0168. The van der Waals surface area contributed by atoms with Gasteiger partial charge in [0.1, 0.15) is 0 Å². The van der Waals surface area contributed by atoms with E-state index < -0.39 is 5.91 Å². The first-order valence-electron chi connectivity index (χ1n) is 8.64. The number of Topliss-reactive ketones (excluding diaryl/α,β-unsaturated/α-hetero) is 1. The van der Waals surface area contributed by atoms with Gasteiger partial charge in [0.15, 0.2) is 5.78 Å². The minimum Gasteiger partial charge on any atom is -0.366 e. The highest BCUT2D eigenvalue weighted by molar-refractivity contribution is 6.31. The van der Waals surface area contributed by atoms with Gasteiger partial charge in [0.2, 0.25) is 5.91 Å². The van der Waals surface area contributed by atoms with E-state index in [2.05, 4.69) is 6.92 Å². The van der Waals surface area contributed by atoms with Crippen molar-refractivity contribution in [1.29, 1.82) is 0 Å². The van der Waals surface area contributed by atoms with Crippen molar-refractivity contribution in [2.75, 3.05) is 0 Å². The highest BCUT2D eigenvalue weighted by Crippen LogP contribution is 2.30. The van der Waals surface area contributed by atoms with Gasteiger partial charge in [-0.25, -0.2) is 0 Å². The number of halogens is 1. The summed E-state index contributed by atoms with van der Waals surface area (Å²) in [5, 5.41) is 0.681. The summed E-state index contributed by atoms with van der Waals surface area (Å²) < 4.78 is 1.92. The fourth-order valence-corrected chi connectivity index (χ4v) is 3.65. The Hall–Kier alpha value is -2.59. The Balaban J connectivity index is 2.31. The molecule has 0 atom stereocenters. The van der Waals surface area contributed by atoms with Gasteiger partial charge in [-0.3, -0.25) is 9.59 Å². The average molecular weight is 369 g/mol. The zero-order valence-corrected chi connectivity index (χ0v) is 15.6. The molecule has 0 bridgehead atoms. The van der Waals surface area contributed by atoms with E-state index in [0.29, 0.717) is 22.6 Å². The van der Waals surface area contributed by atoms with Gasteiger partial charge < -0.3 is 10.1 Å². The summed E-state index contributed by atoms with van der Waals surface area (Å²) in [5.41, 5.74) is 10.3. The number of ketones is 1. The summed E-state index contributed by atoms with van der Waals surface area (Å²) in [4.78, 5) is 24.0. The number of benzene rings is 1. The molecule has 0 spiro atoms. The van der Waals surface area contributed by atoms with Gasteiger partial charge in [0, 0.05) is 28.9 Å². The van der Waals surface area contributed by atoms with Crippen LogP contribution in [0.15, 0.2) is 42.6 Å². The number of pyridine rings is 1. The third-order valence-corrected chi connectivity index (χ3v) is 4.97. The van der Waals surface area contributed by atoms with E-state index in [-0.39, 0.29) is 5.78 Å². The lowest BCUT2D eigenvalue weighted by molar-refractivity contribution is 0.0996. The number of nitrogens with zero attached hydrogens (tertiary/aromatic N) is 1. The predicted octanol–water partition coefficient (Wildman–Crippen LogP) is 4.44. The molecule has 0 aliphatic carbocycles. The second-order valence-electron chi connectivity index (χ2n) is 6.41. The maximum Gasteiger partial charge on any atom is 0.250 e. The van der Waals surface area contributed by atoms with E-state index in [9.17, 15) is 9.59 Å². The molecule has 0 radical (unpaired) electrons. The van der Waals surface area contributed by atoms with Crippen molar-refractivity contribution in [3.05, 3.63) is 75.6 Å². The summed E-state index contributed by atoms with van der Waals surface area (Å²) in [6.07, 6.45) is 3.98. The number of carbonyl (C=O) groups excluding carboxylic acids is 2. The second-order valence-corrected chi connectivity index (χ2v) is 6.82. The fourth-order valence-electron chi connectivity index (χ4n) is 3.44. The highest BCUT2D eigenvalue weighted by Gasteiger charge is 2.21. The Bertz CT molecular complexity index is 1000. The topological polar surface area (TPSA) is 64.6 Å². The van der Waals surface area contributed by atoms with Crippen LogP contribution in [0.25, 0.3) is 5.52 Å². The first-order chi connectivity index (χ1) is 12.4. The number of carbonyl (C=O) groups is 2. The molecule has 3 aromatic rings. The van der Waals surface area contributed by atoms with Crippen LogP contribution in [0.3, 0.4) is 0 Å². The third kappa shape index (κ3) is 3.25. The number of hydrogen-bond acceptors (Lipinski definition) is 2. The smallest absolute Gasteiger partial charge is 0.250 e. The second kappa shape index (κ2) is 7.34. The van der Waals surface area contributed by atoms with Crippen molar-refractivity contribution in [2.45, 2.75) is 33.1 Å². The molecular formula is C21H21ClN2O2. The third-order valence-electron chi connectivity index (χ3n) is 4.60. The molecule has 26 heavy (non-hydrogen) atoms. The molecule has 0 fully saturated rings. The molecule has 4 nitrogen and oxygen atoms in total. The molecule has 0 aliphatic heterocycles. The molecule has 2 aromatic heterocycles. The van der Waals surface area contributed by atoms with E-state index >= 15 is 0 Å². The van der Waals surface area contributed by atoms with E-state index in [1.54, 1.807) is 25.3 Å². The normalized spacial score (nSPS) is 11.0. The molecule has 134 valence electrons. The number of primary amides is 1. The monoisotopic (exact) mass is 368 g/mol. The summed E-state index contributed by atoms with van der Waals surface area (Å²) in [6.45, 7) is 3.66. The van der Waals surface area contributed by atoms with Crippen molar-refractivity contribution in [3.8, 4) is 0 Å². The molecule has 1 aromatic carbocycles. The molecular weight excluding hydrogens is 348 g/mol. The largest absolute Gasteiger partial charge is 0.366 e. The molecule has 2 heterocycles. The number of rotatable bonds is 6. The summed E-state index contributed by atoms with van der Waals surface area (Å²) in [7, 11) is 0. The van der Waals surface area contributed by atoms with Gasteiger partial charge in [-0.05, 0) is 42.7 Å². The number of hydrogen-bond donors (Lipinski definition) is 1. The van der Waals surface area contributed by atoms with Crippen LogP contribution in [0.1, 0.15) is 57.8 Å². The Morgan fingerprint density at radius 3 is 2.50 bits per heavy atom. The van der Waals surface area contributed by atoms with E-state index in [1.807, 2.05) is 28.7 Å². The molecule has 3 rings (SSSR count). The van der Waals surface area contributed by atoms with Gasteiger partial charge in [0.25, 0.3) is 0 Å².